The molecule has 1 aliphatic rings. The predicted molar refractivity (Wildman–Crippen MR) is 102 cm³/mol. The molecule has 3 amide bonds. The van der Waals surface area contributed by atoms with Crippen LogP contribution in [0.2, 0.25) is 5.02 Å². The first-order valence-corrected chi connectivity index (χ1v) is 8.91. The minimum absolute atomic E-state index is 0.148. The lowest BCUT2D eigenvalue weighted by Crippen LogP contribution is -2.43. The number of nitrogens with one attached hydrogen (secondary N) is 1. The second-order valence-electron chi connectivity index (χ2n) is 6.34. The van der Waals surface area contributed by atoms with Crippen LogP contribution in [-0.2, 0) is 16.9 Å². The van der Waals surface area contributed by atoms with Gasteiger partial charge in [-0.3, -0.25) is 19.8 Å². The average Bonchev–Trinajstić information content (AvgIpc) is 2.93. The minimum atomic E-state index is -1.21. The number of rotatable bonds is 6. The van der Waals surface area contributed by atoms with Crippen molar-refractivity contribution in [3.05, 3.63) is 68.7 Å². The number of non-ortho nitro benzene ring substituents is 1. The Morgan fingerprint density at radius 2 is 1.89 bits per heavy atom. The molecule has 2 aromatic rings. The maximum absolute atomic E-state index is 13.2. The average molecular weight is 404 g/mol. The number of urea groups is 1. The number of hydrogen-bond acceptors (Lipinski definition) is 5. The Morgan fingerprint density at radius 1 is 1.21 bits per heavy atom. The summed E-state index contributed by atoms with van der Waals surface area (Å²) >= 11 is 5.93. The molecule has 0 radical (unpaired) electrons. The van der Waals surface area contributed by atoms with Gasteiger partial charge in [0.15, 0.2) is 0 Å². The summed E-state index contributed by atoms with van der Waals surface area (Å²) in [6, 6.07) is 10.2. The molecule has 0 bridgehead atoms. The fourth-order valence-electron chi connectivity index (χ4n) is 3.32. The zero-order valence-corrected chi connectivity index (χ0v) is 16.0. The molecule has 146 valence electrons. The number of nitro benzene ring substituents is 1. The summed E-state index contributed by atoms with van der Waals surface area (Å²) in [5.74, 6) is -0.0810. The van der Waals surface area contributed by atoms with Crippen molar-refractivity contribution in [2.45, 2.75) is 25.4 Å². The molecule has 0 aliphatic carbocycles. The van der Waals surface area contributed by atoms with Gasteiger partial charge in [0.1, 0.15) is 11.3 Å². The third-order valence-electron chi connectivity index (χ3n) is 4.85. The van der Waals surface area contributed by atoms with Gasteiger partial charge < -0.3 is 10.1 Å². The lowest BCUT2D eigenvalue weighted by molar-refractivity contribution is -0.384. The first kappa shape index (κ1) is 19.6. The van der Waals surface area contributed by atoms with E-state index in [2.05, 4.69) is 5.32 Å². The number of hydrogen-bond donors (Lipinski definition) is 1. The molecular weight excluding hydrogens is 386 g/mol. The quantitative estimate of drug-likeness (QED) is 0.451. The highest BCUT2D eigenvalue weighted by Crippen LogP contribution is 2.35. The highest BCUT2D eigenvalue weighted by atomic mass is 35.5. The fourth-order valence-corrected chi connectivity index (χ4v) is 3.44. The van der Waals surface area contributed by atoms with Crippen molar-refractivity contribution in [2.75, 3.05) is 7.11 Å². The molecule has 9 heteroatoms. The maximum atomic E-state index is 13.2. The van der Waals surface area contributed by atoms with Crippen LogP contribution in [0.4, 0.5) is 10.5 Å². The van der Waals surface area contributed by atoms with E-state index >= 15 is 0 Å². The van der Waals surface area contributed by atoms with Crippen molar-refractivity contribution in [1.82, 2.24) is 10.2 Å². The Bertz CT molecular complexity index is 947. The maximum Gasteiger partial charge on any atom is 0.325 e. The summed E-state index contributed by atoms with van der Waals surface area (Å²) < 4.78 is 5.23. The monoisotopic (exact) mass is 403 g/mol. The molecule has 1 atom stereocenters. The molecule has 0 spiro atoms. The van der Waals surface area contributed by atoms with Gasteiger partial charge in [0.2, 0.25) is 0 Å². The lowest BCUT2D eigenvalue weighted by Gasteiger charge is -2.26. The Kier molecular flexibility index (Phi) is 5.24. The normalized spacial score (nSPS) is 18.9. The molecule has 8 nitrogen and oxygen atoms in total. The molecule has 1 fully saturated rings. The van der Waals surface area contributed by atoms with Crippen molar-refractivity contribution < 1.29 is 19.2 Å². The van der Waals surface area contributed by atoms with E-state index in [4.69, 9.17) is 16.3 Å². The third kappa shape index (κ3) is 3.27. The zero-order chi connectivity index (χ0) is 20.5. The van der Waals surface area contributed by atoms with Gasteiger partial charge in [-0.1, -0.05) is 30.7 Å². The van der Waals surface area contributed by atoms with E-state index in [1.54, 1.807) is 31.2 Å². The summed E-state index contributed by atoms with van der Waals surface area (Å²) in [4.78, 5) is 37.4. The number of benzene rings is 2. The van der Waals surface area contributed by atoms with Gasteiger partial charge in [-0.15, -0.1) is 0 Å². The van der Waals surface area contributed by atoms with Gasteiger partial charge in [-0.05, 0) is 30.2 Å². The standard InChI is InChI=1S/C19H18ClN3O5/c1-3-19(13-4-6-14(20)7-5-13)17(24)22(18(25)21-19)11-12-10-15(23(26)27)8-9-16(12)28-2/h4-10H,3,11H2,1-2H3,(H,21,25). The summed E-state index contributed by atoms with van der Waals surface area (Å²) in [6.07, 6.45) is 0.335. The predicted octanol–water partition coefficient (Wildman–Crippen LogP) is 3.61. The topological polar surface area (TPSA) is 102 Å². The van der Waals surface area contributed by atoms with E-state index in [-0.39, 0.29) is 12.2 Å². The minimum Gasteiger partial charge on any atom is -0.496 e. The number of imide groups is 1. The number of ether oxygens (including phenoxy) is 1. The molecular formula is C19H18ClN3O5. The third-order valence-corrected chi connectivity index (χ3v) is 5.10. The van der Waals surface area contributed by atoms with Gasteiger partial charge >= 0.3 is 6.03 Å². The zero-order valence-electron chi connectivity index (χ0n) is 15.3. The number of amides is 3. The first-order chi connectivity index (χ1) is 13.3. The largest absolute Gasteiger partial charge is 0.496 e. The Labute approximate surface area is 166 Å². The van der Waals surface area contributed by atoms with Crippen LogP contribution in [0.3, 0.4) is 0 Å². The molecule has 2 aromatic carbocycles. The molecule has 1 saturated heterocycles. The van der Waals surface area contributed by atoms with Crippen LogP contribution in [-0.4, -0.2) is 28.9 Å². The summed E-state index contributed by atoms with van der Waals surface area (Å²) in [5.41, 5.74) is -0.382. The van der Waals surface area contributed by atoms with E-state index in [0.29, 0.717) is 28.3 Å². The van der Waals surface area contributed by atoms with Crippen molar-refractivity contribution in [3.8, 4) is 5.75 Å². The van der Waals surface area contributed by atoms with Crippen LogP contribution >= 0.6 is 11.6 Å². The smallest absolute Gasteiger partial charge is 0.325 e. The van der Waals surface area contributed by atoms with Crippen molar-refractivity contribution >= 4 is 29.2 Å². The van der Waals surface area contributed by atoms with Gasteiger partial charge in [-0.2, -0.15) is 0 Å². The summed E-state index contributed by atoms with van der Waals surface area (Å²) in [6.45, 7) is 1.65. The number of methoxy groups -OCH3 is 1. The van der Waals surface area contributed by atoms with Gasteiger partial charge in [0, 0.05) is 22.7 Å². The lowest BCUT2D eigenvalue weighted by atomic mass is 9.87. The number of nitrogens with zero attached hydrogens (tertiary/aromatic N) is 2. The van der Waals surface area contributed by atoms with Crippen LogP contribution in [0.25, 0.3) is 0 Å². The Balaban J connectivity index is 1.97. The molecule has 3 rings (SSSR count). The van der Waals surface area contributed by atoms with Crippen LogP contribution in [0, 0.1) is 10.1 Å². The van der Waals surface area contributed by atoms with Crippen LogP contribution < -0.4 is 10.1 Å². The molecule has 0 saturated carbocycles. The van der Waals surface area contributed by atoms with Crippen LogP contribution in [0.1, 0.15) is 24.5 Å². The highest BCUT2D eigenvalue weighted by molar-refractivity contribution is 6.30. The summed E-state index contributed by atoms with van der Waals surface area (Å²) in [7, 11) is 1.42. The SMILES string of the molecule is CCC1(c2ccc(Cl)cc2)NC(=O)N(Cc2cc([N+](=O)[O-])ccc2OC)C1=O. The fraction of sp³-hybridized carbons (Fsp3) is 0.263. The Hall–Kier alpha value is -3.13. The highest BCUT2D eigenvalue weighted by Gasteiger charge is 2.51. The molecule has 0 aromatic heterocycles. The number of nitro groups is 1. The summed E-state index contributed by atoms with van der Waals surface area (Å²) in [5, 5.41) is 14.4. The van der Waals surface area contributed by atoms with Crippen molar-refractivity contribution in [2.24, 2.45) is 0 Å². The number of carbonyl (C=O) groups excluding carboxylic acids is 2. The van der Waals surface area contributed by atoms with Crippen LogP contribution in [0.5, 0.6) is 5.75 Å². The van der Waals surface area contributed by atoms with E-state index in [1.807, 2.05) is 0 Å². The second-order valence-corrected chi connectivity index (χ2v) is 6.78. The van der Waals surface area contributed by atoms with Crippen molar-refractivity contribution in [1.29, 1.82) is 0 Å². The number of halogens is 1. The molecule has 1 unspecified atom stereocenters. The van der Waals surface area contributed by atoms with Gasteiger partial charge in [0.25, 0.3) is 11.6 Å². The number of carbonyl (C=O) groups is 2. The van der Waals surface area contributed by atoms with E-state index in [1.165, 1.54) is 25.3 Å². The molecule has 1 heterocycles. The van der Waals surface area contributed by atoms with E-state index < -0.39 is 22.4 Å². The molecule has 1 aliphatic heterocycles. The second kappa shape index (κ2) is 7.47. The van der Waals surface area contributed by atoms with E-state index in [9.17, 15) is 19.7 Å². The Morgan fingerprint density at radius 3 is 2.46 bits per heavy atom. The first-order valence-electron chi connectivity index (χ1n) is 8.54. The van der Waals surface area contributed by atoms with Crippen LogP contribution in [0.15, 0.2) is 42.5 Å². The van der Waals surface area contributed by atoms with Gasteiger partial charge in [-0.25, -0.2) is 4.79 Å². The van der Waals surface area contributed by atoms with Crippen molar-refractivity contribution in [3.63, 3.8) is 0 Å². The molecule has 28 heavy (non-hydrogen) atoms. The van der Waals surface area contributed by atoms with E-state index in [0.717, 1.165) is 4.90 Å². The van der Waals surface area contributed by atoms with Gasteiger partial charge in [0.05, 0.1) is 18.6 Å². The molecule has 1 N–H and O–H groups in total.